The van der Waals surface area contributed by atoms with Crippen LogP contribution in [0.3, 0.4) is 0 Å². The number of sulfonamides is 1. The number of anilines is 1. The number of hydrazone groups is 1. The molecule has 0 saturated heterocycles. The van der Waals surface area contributed by atoms with Crippen LogP contribution >= 0.6 is 0 Å². The van der Waals surface area contributed by atoms with Crippen LogP contribution in [0.5, 0.6) is 11.5 Å². The fraction of sp³-hybridized carbons (Fsp3) is 0.214. The lowest BCUT2D eigenvalue weighted by Gasteiger charge is -2.24. The van der Waals surface area contributed by atoms with Crippen LogP contribution in [0.1, 0.15) is 23.6 Å². The lowest BCUT2D eigenvalue weighted by molar-refractivity contribution is -0.119. The summed E-state index contributed by atoms with van der Waals surface area (Å²) in [5.74, 6) is 0.513. The Hall–Kier alpha value is -4.11. The number of benzene rings is 3. The van der Waals surface area contributed by atoms with Crippen molar-refractivity contribution in [1.29, 1.82) is 0 Å². The fourth-order valence-electron chi connectivity index (χ4n) is 3.62. The molecule has 3 aromatic carbocycles. The number of aryl methyl sites for hydroxylation is 2. The molecule has 0 radical (unpaired) electrons. The minimum Gasteiger partial charge on any atom is -0.490 e. The third kappa shape index (κ3) is 7.44. The molecule has 0 unspecified atom stereocenters. The second-order valence-corrected chi connectivity index (χ2v) is 10.1. The first-order valence-electron chi connectivity index (χ1n) is 11.7. The zero-order valence-corrected chi connectivity index (χ0v) is 22.0. The molecule has 9 heteroatoms. The number of nitrogens with zero attached hydrogens (tertiary/aromatic N) is 2. The largest absolute Gasteiger partial charge is 0.490 e. The highest BCUT2D eigenvalue weighted by molar-refractivity contribution is 7.92. The van der Waals surface area contributed by atoms with Crippen LogP contribution in [0.15, 0.2) is 89.4 Å². The summed E-state index contributed by atoms with van der Waals surface area (Å²) in [4.78, 5) is 12.9. The van der Waals surface area contributed by atoms with Gasteiger partial charge in [0, 0.05) is 0 Å². The average Bonchev–Trinajstić information content (AvgIpc) is 2.87. The van der Waals surface area contributed by atoms with E-state index in [1.165, 1.54) is 18.3 Å². The summed E-state index contributed by atoms with van der Waals surface area (Å²) in [5.41, 5.74) is 5.25. The quantitative estimate of drug-likeness (QED) is 0.213. The Morgan fingerprint density at radius 3 is 2.35 bits per heavy atom. The number of rotatable bonds is 12. The van der Waals surface area contributed by atoms with Gasteiger partial charge < -0.3 is 9.47 Å². The van der Waals surface area contributed by atoms with Crippen molar-refractivity contribution in [3.63, 3.8) is 0 Å². The summed E-state index contributed by atoms with van der Waals surface area (Å²) in [6.07, 6.45) is 3.09. The minimum absolute atomic E-state index is 0.0904. The Morgan fingerprint density at radius 1 is 1.00 bits per heavy atom. The van der Waals surface area contributed by atoms with E-state index in [0.717, 1.165) is 15.4 Å². The number of ether oxygens (including phenoxy) is 2. The molecule has 1 amide bonds. The summed E-state index contributed by atoms with van der Waals surface area (Å²) < 4.78 is 39.2. The summed E-state index contributed by atoms with van der Waals surface area (Å²) >= 11 is 0. The second-order valence-electron chi connectivity index (χ2n) is 8.20. The summed E-state index contributed by atoms with van der Waals surface area (Å²) in [6.45, 7) is 9.59. The smallest absolute Gasteiger partial charge is 0.264 e. The zero-order valence-electron chi connectivity index (χ0n) is 21.2. The van der Waals surface area contributed by atoms with Crippen LogP contribution in [0.2, 0.25) is 0 Å². The molecule has 8 nitrogen and oxygen atoms in total. The van der Waals surface area contributed by atoms with Crippen molar-refractivity contribution in [2.75, 3.05) is 24.1 Å². The number of amides is 1. The van der Waals surface area contributed by atoms with Gasteiger partial charge in [0.1, 0.15) is 13.2 Å². The van der Waals surface area contributed by atoms with Crippen molar-refractivity contribution < 1.29 is 22.7 Å². The Bertz CT molecular complexity index is 1350. The molecule has 0 aromatic heterocycles. The van der Waals surface area contributed by atoms with Gasteiger partial charge in [-0.05, 0) is 79.9 Å². The maximum Gasteiger partial charge on any atom is 0.264 e. The van der Waals surface area contributed by atoms with Crippen molar-refractivity contribution in [3.8, 4) is 11.5 Å². The number of hydrogen-bond donors (Lipinski definition) is 1. The molecular weight excluding hydrogens is 490 g/mol. The van der Waals surface area contributed by atoms with Gasteiger partial charge in [-0.3, -0.25) is 9.10 Å². The van der Waals surface area contributed by atoms with Crippen molar-refractivity contribution in [2.24, 2.45) is 5.10 Å². The number of nitrogens with one attached hydrogen (secondary N) is 1. The second kappa shape index (κ2) is 12.7. The molecule has 0 aliphatic carbocycles. The molecule has 3 aromatic rings. The topological polar surface area (TPSA) is 97.3 Å². The maximum atomic E-state index is 13.5. The molecule has 0 fully saturated rings. The van der Waals surface area contributed by atoms with Crippen molar-refractivity contribution in [3.05, 3.63) is 96.1 Å². The van der Waals surface area contributed by atoms with Gasteiger partial charge in [-0.2, -0.15) is 5.10 Å². The molecule has 0 atom stereocenters. The molecule has 0 spiro atoms. The van der Waals surface area contributed by atoms with Crippen LogP contribution in [-0.4, -0.2) is 40.3 Å². The van der Waals surface area contributed by atoms with Crippen LogP contribution < -0.4 is 19.2 Å². The molecule has 0 heterocycles. The molecule has 0 aliphatic rings. The van der Waals surface area contributed by atoms with Gasteiger partial charge in [-0.25, -0.2) is 13.8 Å². The minimum atomic E-state index is -4.00. The standard InChI is InChI=1S/C28H31N3O5S/c1-5-14-36-26-13-12-23(18-27(26)35-6-2)19-29-30-28(32)20-31(24-16-21(3)15-22(4)17-24)37(33,34)25-10-8-7-9-11-25/h5,7-13,15-19H,1,6,14,20H2,2-4H3,(H,30,32)/b29-19-. The van der Waals surface area contributed by atoms with Crippen molar-refractivity contribution in [2.45, 2.75) is 25.7 Å². The van der Waals surface area contributed by atoms with Crippen LogP contribution in [0, 0.1) is 13.8 Å². The Labute approximate surface area is 218 Å². The van der Waals surface area contributed by atoms with E-state index in [1.807, 2.05) is 26.8 Å². The Kier molecular flexibility index (Phi) is 9.45. The fourth-order valence-corrected chi connectivity index (χ4v) is 5.04. The monoisotopic (exact) mass is 521 g/mol. The van der Waals surface area contributed by atoms with Crippen LogP contribution in [-0.2, 0) is 14.8 Å². The molecule has 37 heavy (non-hydrogen) atoms. The van der Waals surface area contributed by atoms with Gasteiger partial charge >= 0.3 is 0 Å². The summed E-state index contributed by atoms with van der Waals surface area (Å²) in [5, 5.41) is 4.01. The summed E-state index contributed by atoms with van der Waals surface area (Å²) in [6, 6.07) is 18.7. The van der Waals surface area contributed by atoms with Crippen LogP contribution in [0.4, 0.5) is 5.69 Å². The van der Waals surface area contributed by atoms with E-state index in [4.69, 9.17) is 9.47 Å². The first kappa shape index (κ1) is 27.5. The average molecular weight is 522 g/mol. The van der Waals surface area contributed by atoms with E-state index in [1.54, 1.807) is 54.6 Å². The maximum absolute atomic E-state index is 13.5. The lowest BCUT2D eigenvalue weighted by Crippen LogP contribution is -2.39. The highest BCUT2D eigenvalue weighted by Gasteiger charge is 2.27. The zero-order chi connectivity index (χ0) is 26.8. The molecule has 194 valence electrons. The third-order valence-corrected chi connectivity index (χ3v) is 6.93. The highest BCUT2D eigenvalue weighted by atomic mass is 32.2. The van der Waals surface area contributed by atoms with E-state index in [0.29, 0.717) is 36.0 Å². The molecule has 1 N–H and O–H groups in total. The van der Waals surface area contributed by atoms with E-state index in [9.17, 15) is 13.2 Å². The van der Waals surface area contributed by atoms with E-state index in [-0.39, 0.29) is 4.90 Å². The Morgan fingerprint density at radius 2 is 1.70 bits per heavy atom. The first-order chi connectivity index (χ1) is 17.7. The lowest BCUT2D eigenvalue weighted by atomic mass is 10.1. The van der Waals surface area contributed by atoms with Gasteiger partial charge in [-0.1, -0.05) is 36.9 Å². The molecule has 0 aliphatic heterocycles. The SMILES string of the molecule is C=CCOc1ccc(/C=N\NC(=O)CN(c2cc(C)cc(C)c2)S(=O)(=O)c2ccccc2)cc1OCC. The molecule has 3 rings (SSSR count). The summed E-state index contributed by atoms with van der Waals surface area (Å²) in [7, 11) is -4.00. The normalized spacial score (nSPS) is 11.2. The van der Waals surface area contributed by atoms with Gasteiger partial charge in [0.2, 0.25) is 0 Å². The number of hydrogen-bond acceptors (Lipinski definition) is 6. The van der Waals surface area contributed by atoms with E-state index < -0.39 is 22.5 Å². The van der Waals surface area contributed by atoms with Gasteiger partial charge in [0.05, 0.1) is 23.4 Å². The van der Waals surface area contributed by atoms with Gasteiger partial charge in [0.25, 0.3) is 15.9 Å². The van der Waals surface area contributed by atoms with Gasteiger partial charge in [0.15, 0.2) is 11.5 Å². The van der Waals surface area contributed by atoms with Crippen molar-refractivity contribution >= 4 is 27.8 Å². The van der Waals surface area contributed by atoms with Crippen LogP contribution in [0.25, 0.3) is 0 Å². The predicted octanol–water partition coefficient (Wildman–Crippen LogP) is 4.61. The van der Waals surface area contributed by atoms with Gasteiger partial charge in [-0.15, -0.1) is 0 Å². The Balaban J connectivity index is 1.81. The molecular formula is C28H31N3O5S. The van der Waals surface area contributed by atoms with E-state index >= 15 is 0 Å². The van der Waals surface area contributed by atoms with Crippen molar-refractivity contribution in [1.82, 2.24) is 5.43 Å². The number of carbonyl (C=O) groups excluding carboxylic acids is 1. The first-order valence-corrected chi connectivity index (χ1v) is 13.2. The predicted molar refractivity (Wildman–Crippen MR) is 146 cm³/mol. The third-order valence-electron chi connectivity index (χ3n) is 5.14. The number of carbonyl (C=O) groups is 1. The molecule has 0 bridgehead atoms. The molecule has 0 saturated carbocycles. The highest BCUT2D eigenvalue weighted by Crippen LogP contribution is 2.28. The van der Waals surface area contributed by atoms with E-state index in [2.05, 4.69) is 17.1 Å².